The zero-order chi connectivity index (χ0) is 22.9. The van der Waals surface area contributed by atoms with Crippen LogP contribution in [0.5, 0.6) is 0 Å². The third kappa shape index (κ3) is 3.92. The fourth-order valence-corrected chi connectivity index (χ4v) is 4.92. The number of carbonyl (C=O) groups excluding carboxylic acids is 2. The Kier molecular flexibility index (Phi) is 5.70. The number of esters is 1. The van der Waals surface area contributed by atoms with Crippen LogP contribution in [0.4, 0.5) is 0 Å². The van der Waals surface area contributed by atoms with Crippen LogP contribution in [0.2, 0.25) is 0 Å². The molecule has 4 heterocycles. The van der Waals surface area contributed by atoms with Gasteiger partial charge in [-0.1, -0.05) is 0 Å². The van der Waals surface area contributed by atoms with Gasteiger partial charge in [0, 0.05) is 49.2 Å². The summed E-state index contributed by atoms with van der Waals surface area (Å²) in [5, 5.41) is 9.22. The van der Waals surface area contributed by atoms with Gasteiger partial charge in [0.25, 0.3) is 5.91 Å². The first-order chi connectivity index (χ1) is 16.1. The number of amides is 1. The van der Waals surface area contributed by atoms with Crippen LogP contribution < -0.4 is 0 Å². The second kappa shape index (κ2) is 8.80. The molecule has 1 aliphatic carbocycles. The van der Waals surface area contributed by atoms with Crippen LogP contribution in [0.15, 0.2) is 24.5 Å². The Bertz CT molecular complexity index is 1200. The molecule has 9 nitrogen and oxygen atoms in total. The topological polar surface area (TPSA) is 95.1 Å². The molecule has 1 amide bonds. The standard InChI is InChI=1S/C24H28N6O3/c1-3-33-24(32)21-18-15-29(23(31)22-17-6-4-5-7-19(17)26-28(22)2)13-10-20(18)30(27-21)14-16-8-11-25-12-9-16/h8-9,11-12H,3-7,10,13-15H2,1-2H3. The minimum atomic E-state index is -0.450. The SMILES string of the molecule is CCOC(=O)c1nn(Cc2ccncc2)c2c1CN(C(=O)c1c3c(nn1C)CCCC3)CC2. The predicted molar refractivity (Wildman–Crippen MR) is 120 cm³/mol. The third-order valence-corrected chi connectivity index (χ3v) is 6.49. The summed E-state index contributed by atoms with van der Waals surface area (Å²) in [6.45, 7) is 3.48. The molecule has 5 rings (SSSR count). The van der Waals surface area contributed by atoms with E-state index in [1.165, 1.54) is 0 Å². The van der Waals surface area contributed by atoms with Crippen molar-refractivity contribution in [2.75, 3.05) is 13.2 Å². The molecule has 1 aliphatic heterocycles. The normalized spacial score (nSPS) is 15.2. The molecule has 0 radical (unpaired) electrons. The van der Waals surface area contributed by atoms with Crippen molar-refractivity contribution in [3.8, 4) is 0 Å². The molecule has 3 aromatic heterocycles. The quantitative estimate of drug-likeness (QED) is 0.556. The molecular formula is C24H28N6O3. The molecule has 0 fully saturated rings. The van der Waals surface area contributed by atoms with Crippen LogP contribution in [-0.2, 0) is 44.1 Å². The van der Waals surface area contributed by atoms with Gasteiger partial charge >= 0.3 is 5.97 Å². The summed E-state index contributed by atoms with van der Waals surface area (Å²) in [6.07, 6.45) is 8.12. The van der Waals surface area contributed by atoms with Crippen LogP contribution >= 0.6 is 0 Å². The average Bonchev–Trinajstić information content (AvgIpc) is 3.36. The summed E-state index contributed by atoms with van der Waals surface area (Å²) in [6, 6.07) is 3.87. The van der Waals surface area contributed by atoms with Gasteiger partial charge in [-0.05, 0) is 50.3 Å². The van der Waals surface area contributed by atoms with Crippen LogP contribution in [0.1, 0.15) is 68.8 Å². The molecule has 9 heteroatoms. The molecule has 0 atom stereocenters. The van der Waals surface area contributed by atoms with Crippen molar-refractivity contribution in [2.24, 2.45) is 7.05 Å². The van der Waals surface area contributed by atoms with Crippen LogP contribution in [0.3, 0.4) is 0 Å². The number of rotatable bonds is 5. The Hall–Kier alpha value is -3.49. The Morgan fingerprint density at radius 2 is 1.85 bits per heavy atom. The maximum absolute atomic E-state index is 13.6. The summed E-state index contributed by atoms with van der Waals surface area (Å²) in [4.78, 5) is 32.2. The lowest BCUT2D eigenvalue weighted by molar-refractivity contribution is 0.0512. The maximum Gasteiger partial charge on any atom is 0.359 e. The van der Waals surface area contributed by atoms with E-state index < -0.39 is 5.97 Å². The number of fused-ring (bicyclic) bond motifs is 2. The van der Waals surface area contributed by atoms with Crippen molar-refractivity contribution in [3.05, 3.63) is 64.0 Å². The number of nitrogens with zero attached hydrogens (tertiary/aromatic N) is 6. The van der Waals surface area contributed by atoms with E-state index in [0.717, 1.165) is 53.8 Å². The summed E-state index contributed by atoms with van der Waals surface area (Å²) >= 11 is 0. The average molecular weight is 449 g/mol. The van der Waals surface area contributed by atoms with Crippen LogP contribution in [0, 0.1) is 0 Å². The van der Waals surface area contributed by atoms with Crippen molar-refractivity contribution < 1.29 is 14.3 Å². The maximum atomic E-state index is 13.6. The predicted octanol–water partition coefficient (Wildman–Crippen LogP) is 2.31. The molecule has 3 aromatic rings. The van der Waals surface area contributed by atoms with Gasteiger partial charge < -0.3 is 9.64 Å². The minimum Gasteiger partial charge on any atom is -0.461 e. The van der Waals surface area contributed by atoms with Gasteiger partial charge in [-0.25, -0.2) is 4.79 Å². The van der Waals surface area contributed by atoms with E-state index >= 15 is 0 Å². The number of pyridine rings is 1. The zero-order valence-electron chi connectivity index (χ0n) is 19.1. The van der Waals surface area contributed by atoms with E-state index in [1.54, 1.807) is 24.0 Å². The van der Waals surface area contributed by atoms with Gasteiger partial charge in [0.05, 0.1) is 25.4 Å². The molecule has 0 saturated heterocycles. The monoisotopic (exact) mass is 448 g/mol. The van der Waals surface area contributed by atoms with Crippen molar-refractivity contribution in [2.45, 2.75) is 52.1 Å². The Morgan fingerprint density at radius 1 is 1.06 bits per heavy atom. The summed E-state index contributed by atoms with van der Waals surface area (Å²) in [5.74, 6) is -0.482. The number of aromatic nitrogens is 5. The lowest BCUT2D eigenvalue weighted by atomic mass is 9.95. The van der Waals surface area contributed by atoms with Crippen molar-refractivity contribution in [1.82, 2.24) is 29.4 Å². The number of ether oxygens (including phenoxy) is 1. The zero-order valence-corrected chi connectivity index (χ0v) is 19.1. The van der Waals surface area contributed by atoms with Gasteiger partial charge in [0.2, 0.25) is 0 Å². The molecule has 0 saturated carbocycles. The highest BCUT2D eigenvalue weighted by molar-refractivity contribution is 5.95. The van der Waals surface area contributed by atoms with Crippen molar-refractivity contribution >= 4 is 11.9 Å². The highest BCUT2D eigenvalue weighted by atomic mass is 16.5. The third-order valence-electron chi connectivity index (χ3n) is 6.49. The fourth-order valence-electron chi connectivity index (χ4n) is 4.92. The van der Waals surface area contributed by atoms with E-state index in [9.17, 15) is 9.59 Å². The van der Waals surface area contributed by atoms with E-state index in [0.29, 0.717) is 37.4 Å². The smallest absolute Gasteiger partial charge is 0.359 e. The highest BCUT2D eigenvalue weighted by Crippen LogP contribution is 2.28. The van der Waals surface area contributed by atoms with E-state index in [4.69, 9.17) is 4.74 Å². The molecule has 0 aromatic carbocycles. The van der Waals surface area contributed by atoms with Crippen LogP contribution in [-0.4, -0.2) is 54.5 Å². The Morgan fingerprint density at radius 3 is 2.64 bits per heavy atom. The van der Waals surface area contributed by atoms with E-state index in [2.05, 4.69) is 15.2 Å². The van der Waals surface area contributed by atoms with Crippen molar-refractivity contribution in [1.29, 1.82) is 0 Å². The lowest BCUT2D eigenvalue weighted by Gasteiger charge is -2.28. The molecule has 0 spiro atoms. The lowest BCUT2D eigenvalue weighted by Crippen LogP contribution is -2.38. The molecule has 0 bridgehead atoms. The second-order valence-corrected chi connectivity index (χ2v) is 8.59. The van der Waals surface area contributed by atoms with E-state index in [-0.39, 0.29) is 12.5 Å². The molecular weight excluding hydrogens is 420 g/mol. The Labute approximate surface area is 192 Å². The molecule has 33 heavy (non-hydrogen) atoms. The number of aryl methyl sites for hydroxylation is 2. The summed E-state index contributed by atoms with van der Waals surface area (Å²) < 4.78 is 8.87. The Balaban J connectivity index is 1.47. The van der Waals surface area contributed by atoms with E-state index in [1.807, 2.05) is 28.8 Å². The number of hydrogen-bond acceptors (Lipinski definition) is 6. The molecule has 0 N–H and O–H groups in total. The van der Waals surface area contributed by atoms with Gasteiger partial charge in [0.15, 0.2) is 5.69 Å². The van der Waals surface area contributed by atoms with Crippen LogP contribution in [0.25, 0.3) is 0 Å². The van der Waals surface area contributed by atoms with Gasteiger partial charge in [-0.2, -0.15) is 10.2 Å². The first-order valence-electron chi connectivity index (χ1n) is 11.6. The summed E-state index contributed by atoms with van der Waals surface area (Å²) in [5.41, 5.74) is 5.90. The molecule has 2 aliphatic rings. The van der Waals surface area contributed by atoms with Gasteiger partial charge in [0.1, 0.15) is 5.69 Å². The number of carbonyl (C=O) groups is 2. The molecule has 0 unspecified atom stereocenters. The highest BCUT2D eigenvalue weighted by Gasteiger charge is 2.34. The summed E-state index contributed by atoms with van der Waals surface area (Å²) in [7, 11) is 1.84. The first kappa shape index (κ1) is 21.4. The van der Waals surface area contributed by atoms with Gasteiger partial charge in [-0.15, -0.1) is 0 Å². The second-order valence-electron chi connectivity index (χ2n) is 8.59. The van der Waals surface area contributed by atoms with Crippen molar-refractivity contribution in [3.63, 3.8) is 0 Å². The largest absolute Gasteiger partial charge is 0.461 e. The fraction of sp³-hybridized carbons (Fsp3) is 0.458. The first-order valence-corrected chi connectivity index (χ1v) is 11.6. The van der Waals surface area contributed by atoms with Gasteiger partial charge in [-0.3, -0.25) is 19.1 Å². The molecule has 172 valence electrons. The minimum absolute atomic E-state index is 0.0320. The number of hydrogen-bond donors (Lipinski definition) is 0.